The van der Waals surface area contributed by atoms with Crippen LogP contribution < -0.4 is 10.6 Å². The molecule has 0 aliphatic rings. The van der Waals surface area contributed by atoms with Crippen LogP contribution in [0.2, 0.25) is 0 Å². The zero-order valence-electron chi connectivity index (χ0n) is 13.1. The van der Waals surface area contributed by atoms with Crippen LogP contribution in [0.4, 0.5) is 0 Å². The van der Waals surface area contributed by atoms with Gasteiger partial charge < -0.3 is 15.5 Å². The van der Waals surface area contributed by atoms with Gasteiger partial charge in [0, 0.05) is 13.1 Å². The minimum absolute atomic E-state index is 0.117. The van der Waals surface area contributed by atoms with E-state index in [4.69, 9.17) is 0 Å². The topological polar surface area (TPSA) is 61.4 Å². The summed E-state index contributed by atoms with van der Waals surface area (Å²) >= 11 is 0. The highest BCUT2D eigenvalue weighted by molar-refractivity contribution is 5.96. The van der Waals surface area contributed by atoms with Crippen molar-refractivity contribution in [3.63, 3.8) is 0 Å². The summed E-state index contributed by atoms with van der Waals surface area (Å²) in [4.78, 5) is 25.3. The molecule has 0 fully saturated rings. The van der Waals surface area contributed by atoms with E-state index < -0.39 is 0 Å². The van der Waals surface area contributed by atoms with Crippen LogP contribution in [-0.2, 0) is 16.1 Å². The highest BCUT2D eigenvalue weighted by Gasteiger charge is 2.08. The monoisotopic (exact) mass is 291 g/mol. The van der Waals surface area contributed by atoms with Gasteiger partial charge in [0.25, 0.3) is 0 Å². The summed E-state index contributed by atoms with van der Waals surface area (Å²) in [7, 11) is 3.97. The summed E-state index contributed by atoms with van der Waals surface area (Å²) < 4.78 is 0. The molecule has 0 unspecified atom stereocenters. The van der Waals surface area contributed by atoms with Crippen molar-refractivity contribution in [2.75, 3.05) is 27.2 Å². The van der Waals surface area contributed by atoms with Gasteiger partial charge in [0.2, 0.25) is 11.8 Å². The largest absolute Gasteiger partial charge is 0.356 e. The molecule has 21 heavy (non-hydrogen) atoms. The van der Waals surface area contributed by atoms with Crippen molar-refractivity contribution in [3.8, 4) is 0 Å². The lowest BCUT2D eigenvalue weighted by Crippen LogP contribution is -2.33. The normalized spacial score (nSPS) is 10.5. The molecule has 5 heteroatoms. The van der Waals surface area contributed by atoms with Crippen LogP contribution in [0, 0.1) is 6.92 Å². The summed E-state index contributed by atoms with van der Waals surface area (Å²) in [6, 6.07) is 7.94. The Hall–Kier alpha value is -1.88. The lowest BCUT2D eigenvalue weighted by molar-refractivity contribution is -0.129. The Labute approximate surface area is 126 Å². The zero-order chi connectivity index (χ0) is 15.7. The number of hydrogen-bond donors (Lipinski definition) is 2. The lowest BCUT2D eigenvalue weighted by Gasteiger charge is -2.10. The first-order valence-electron chi connectivity index (χ1n) is 7.21. The molecule has 0 spiro atoms. The van der Waals surface area contributed by atoms with Crippen LogP contribution >= 0.6 is 0 Å². The molecule has 2 N–H and O–H groups in total. The predicted octanol–water partition coefficient (Wildman–Crippen LogP) is 1.07. The molecule has 0 aliphatic carbocycles. The number of nitrogens with zero attached hydrogens (tertiary/aromatic N) is 1. The van der Waals surface area contributed by atoms with Crippen molar-refractivity contribution in [1.29, 1.82) is 0 Å². The zero-order valence-corrected chi connectivity index (χ0v) is 13.1. The maximum absolute atomic E-state index is 11.7. The standard InChI is InChI=1S/C16H25N3O2/c1-13-5-7-14(8-6-13)12-18-16(21)11-15(20)17-9-4-10-19(2)3/h5-8H,4,9-12H2,1-3H3,(H,17,20)(H,18,21). The molecule has 5 nitrogen and oxygen atoms in total. The molecule has 0 aromatic heterocycles. The molecule has 1 rings (SSSR count). The molecule has 1 aromatic rings. The van der Waals surface area contributed by atoms with Gasteiger partial charge in [0.1, 0.15) is 6.42 Å². The van der Waals surface area contributed by atoms with E-state index in [1.807, 2.05) is 45.3 Å². The smallest absolute Gasteiger partial charge is 0.229 e. The van der Waals surface area contributed by atoms with Gasteiger partial charge in [-0.05, 0) is 39.5 Å². The van der Waals surface area contributed by atoms with Crippen molar-refractivity contribution in [1.82, 2.24) is 15.5 Å². The Morgan fingerprint density at radius 3 is 2.29 bits per heavy atom. The number of nitrogens with one attached hydrogen (secondary N) is 2. The number of hydrogen-bond acceptors (Lipinski definition) is 3. The van der Waals surface area contributed by atoms with Gasteiger partial charge in [0.05, 0.1) is 0 Å². The molecule has 1 aromatic carbocycles. The second-order valence-corrected chi connectivity index (χ2v) is 5.45. The van der Waals surface area contributed by atoms with Crippen molar-refractivity contribution < 1.29 is 9.59 Å². The Balaban J connectivity index is 2.17. The molecule has 0 heterocycles. The second kappa shape index (κ2) is 9.13. The summed E-state index contributed by atoms with van der Waals surface area (Å²) in [6.07, 6.45) is 0.761. The van der Waals surface area contributed by atoms with Crippen molar-refractivity contribution in [2.24, 2.45) is 0 Å². The molecule has 0 saturated heterocycles. The average molecular weight is 291 g/mol. The third kappa shape index (κ3) is 8.09. The molecular weight excluding hydrogens is 266 g/mol. The highest BCUT2D eigenvalue weighted by atomic mass is 16.2. The first-order valence-corrected chi connectivity index (χ1v) is 7.21. The highest BCUT2D eigenvalue weighted by Crippen LogP contribution is 2.02. The van der Waals surface area contributed by atoms with E-state index >= 15 is 0 Å². The number of amides is 2. The van der Waals surface area contributed by atoms with E-state index in [0.29, 0.717) is 13.1 Å². The second-order valence-electron chi connectivity index (χ2n) is 5.45. The Morgan fingerprint density at radius 2 is 1.67 bits per heavy atom. The number of aryl methyl sites for hydroxylation is 1. The molecule has 2 amide bonds. The summed E-state index contributed by atoms with van der Waals surface area (Å²) in [5, 5.41) is 5.50. The van der Waals surface area contributed by atoms with Crippen LogP contribution in [-0.4, -0.2) is 43.9 Å². The Bertz CT molecular complexity index is 455. The van der Waals surface area contributed by atoms with Crippen molar-refractivity contribution in [3.05, 3.63) is 35.4 Å². The van der Waals surface area contributed by atoms with Crippen LogP contribution in [0.3, 0.4) is 0 Å². The lowest BCUT2D eigenvalue weighted by atomic mass is 10.1. The van der Waals surface area contributed by atoms with E-state index in [-0.39, 0.29) is 18.2 Å². The Kier molecular flexibility index (Phi) is 7.46. The summed E-state index contributed by atoms with van der Waals surface area (Å²) in [5.74, 6) is -0.476. The average Bonchev–Trinajstić information content (AvgIpc) is 2.43. The molecule has 0 radical (unpaired) electrons. The van der Waals surface area contributed by atoms with Gasteiger partial charge in [-0.2, -0.15) is 0 Å². The quantitative estimate of drug-likeness (QED) is 0.556. The van der Waals surface area contributed by atoms with E-state index in [1.54, 1.807) is 0 Å². The van der Waals surface area contributed by atoms with Gasteiger partial charge in [-0.15, -0.1) is 0 Å². The number of rotatable bonds is 8. The van der Waals surface area contributed by atoms with Gasteiger partial charge >= 0.3 is 0 Å². The maximum atomic E-state index is 11.7. The van der Waals surface area contributed by atoms with E-state index in [9.17, 15) is 9.59 Å². The minimum atomic E-state index is -0.249. The van der Waals surface area contributed by atoms with Crippen LogP contribution in [0.15, 0.2) is 24.3 Å². The minimum Gasteiger partial charge on any atom is -0.356 e. The van der Waals surface area contributed by atoms with Crippen LogP contribution in [0.5, 0.6) is 0 Å². The van der Waals surface area contributed by atoms with E-state index in [0.717, 1.165) is 18.5 Å². The van der Waals surface area contributed by atoms with Gasteiger partial charge in [-0.3, -0.25) is 9.59 Å². The first-order chi connectivity index (χ1) is 9.97. The SMILES string of the molecule is Cc1ccc(CNC(=O)CC(=O)NCCCN(C)C)cc1. The fraction of sp³-hybridized carbons (Fsp3) is 0.500. The van der Waals surface area contributed by atoms with E-state index in [1.165, 1.54) is 5.56 Å². The number of benzene rings is 1. The van der Waals surface area contributed by atoms with E-state index in [2.05, 4.69) is 15.5 Å². The maximum Gasteiger partial charge on any atom is 0.229 e. The fourth-order valence-electron chi connectivity index (χ4n) is 1.80. The third-order valence-corrected chi connectivity index (χ3v) is 3.04. The first kappa shape index (κ1) is 17.2. The molecule has 0 saturated carbocycles. The third-order valence-electron chi connectivity index (χ3n) is 3.04. The number of carbonyl (C=O) groups is 2. The van der Waals surface area contributed by atoms with Crippen molar-refractivity contribution >= 4 is 11.8 Å². The molecule has 0 atom stereocenters. The Morgan fingerprint density at radius 1 is 1.05 bits per heavy atom. The predicted molar refractivity (Wildman–Crippen MR) is 83.8 cm³/mol. The van der Waals surface area contributed by atoms with Crippen LogP contribution in [0.1, 0.15) is 24.0 Å². The van der Waals surface area contributed by atoms with Crippen molar-refractivity contribution in [2.45, 2.75) is 26.3 Å². The fourth-order valence-corrected chi connectivity index (χ4v) is 1.80. The molecule has 0 bridgehead atoms. The van der Waals surface area contributed by atoms with Gasteiger partial charge in [-0.25, -0.2) is 0 Å². The summed E-state index contributed by atoms with van der Waals surface area (Å²) in [5.41, 5.74) is 2.21. The summed E-state index contributed by atoms with van der Waals surface area (Å²) in [6.45, 7) is 3.98. The molecule has 116 valence electrons. The molecule has 0 aliphatic heterocycles. The molecular formula is C16H25N3O2. The number of carbonyl (C=O) groups excluding carboxylic acids is 2. The van der Waals surface area contributed by atoms with Gasteiger partial charge in [0.15, 0.2) is 0 Å². The van der Waals surface area contributed by atoms with Gasteiger partial charge in [-0.1, -0.05) is 29.8 Å². The van der Waals surface area contributed by atoms with Crippen LogP contribution in [0.25, 0.3) is 0 Å².